The Morgan fingerprint density at radius 3 is 2.72 bits per heavy atom. The number of esters is 1. The van der Waals surface area contributed by atoms with E-state index in [1.165, 1.54) is 0 Å². The van der Waals surface area contributed by atoms with Crippen LogP contribution in [-0.2, 0) is 9.53 Å². The minimum Gasteiger partial charge on any atom is -0.465 e. The fraction of sp³-hybridized carbons (Fsp3) is 0.200. The van der Waals surface area contributed by atoms with Crippen molar-refractivity contribution in [2.45, 2.75) is 12.8 Å². The maximum atomic E-state index is 12.3. The lowest BCUT2D eigenvalue weighted by Crippen LogP contribution is -2.17. The summed E-state index contributed by atoms with van der Waals surface area (Å²) >= 11 is 0. The van der Waals surface area contributed by atoms with Crippen LogP contribution in [0, 0.1) is 0 Å². The molecule has 0 fully saturated rings. The predicted molar refractivity (Wildman–Crippen MR) is 97.9 cm³/mol. The molecule has 2 heterocycles. The number of ether oxygens (including phenoxy) is 1. The number of carbonyl (C=O) groups excluding carboxylic acids is 1. The Balaban J connectivity index is 1.93. The van der Waals surface area contributed by atoms with Gasteiger partial charge in [0.2, 0.25) is 0 Å². The van der Waals surface area contributed by atoms with Gasteiger partial charge in [0.1, 0.15) is 11.6 Å². The van der Waals surface area contributed by atoms with Crippen LogP contribution >= 0.6 is 0 Å². The molecule has 2 N–H and O–H groups in total. The lowest BCUT2D eigenvalue weighted by atomic mass is 9.94. The van der Waals surface area contributed by atoms with Crippen molar-refractivity contribution in [2.24, 2.45) is 0 Å². The molecule has 5 nitrogen and oxygen atoms in total. The number of aromatic nitrogens is 1. The molecule has 1 atom stereocenters. The first-order valence-corrected chi connectivity index (χ1v) is 8.35. The molecular weight excluding hydrogens is 316 g/mol. The van der Waals surface area contributed by atoms with Gasteiger partial charge in [-0.2, -0.15) is 0 Å². The normalized spacial score (nSPS) is 15.6. The van der Waals surface area contributed by atoms with Crippen molar-refractivity contribution < 1.29 is 9.53 Å². The predicted octanol–water partition coefficient (Wildman–Crippen LogP) is 3.27. The van der Waals surface area contributed by atoms with E-state index in [4.69, 9.17) is 4.74 Å². The molecule has 1 aromatic heterocycles. The van der Waals surface area contributed by atoms with Crippen LogP contribution in [0.5, 0.6) is 0 Å². The van der Waals surface area contributed by atoms with E-state index in [1.807, 2.05) is 48.5 Å². The van der Waals surface area contributed by atoms with Crippen molar-refractivity contribution in [2.75, 3.05) is 18.5 Å². The van der Waals surface area contributed by atoms with Gasteiger partial charge in [-0.1, -0.05) is 36.4 Å². The van der Waals surface area contributed by atoms with Crippen LogP contribution in [0.2, 0.25) is 0 Å². The van der Waals surface area contributed by atoms with E-state index >= 15 is 0 Å². The van der Waals surface area contributed by atoms with Gasteiger partial charge in [-0.15, -0.1) is 0 Å². The van der Waals surface area contributed by atoms with E-state index in [0.29, 0.717) is 18.8 Å². The van der Waals surface area contributed by atoms with Gasteiger partial charge < -0.3 is 15.0 Å². The second-order valence-electron chi connectivity index (χ2n) is 6.05. The van der Waals surface area contributed by atoms with Crippen LogP contribution in [0.3, 0.4) is 0 Å². The number of nitrogens with one attached hydrogen (secondary N) is 2. The van der Waals surface area contributed by atoms with Crippen molar-refractivity contribution in [3.8, 4) is 11.1 Å². The molecule has 126 valence electrons. The molecule has 1 aliphatic heterocycles. The molecule has 25 heavy (non-hydrogen) atoms. The SMILES string of the molecule is CCOC(=O)C1CNc2c1c1cc(-c3ccccc3)ccc1[nH]c2=O. The number of benzene rings is 2. The van der Waals surface area contributed by atoms with Crippen LogP contribution in [0.4, 0.5) is 5.69 Å². The summed E-state index contributed by atoms with van der Waals surface area (Å²) in [7, 11) is 0. The summed E-state index contributed by atoms with van der Waals surface area (Å²) in [6.07, 6.45) is 0. The van der Waals surface area contributed by atoms with E-state index < -0.39 is 5.92 Å². The number of aromatic amines is 1. The first kappa shape index (κ1) is 15.4. The molecule has 2 aromatic carbocycles. The van der Waals surface area contributed by atoms with Gasteiger partial charge in [0.05, 0.1) is 6.61 Å². The van der Waals surface area contributed by atoms with Gasteiger partial charge in [0.15, 0.2) is 0 Å². The van der Waals surface area contributed by atoms with Crippen LogP contribution < -0.4 is 10.9 Å². The fourth-order valence-electron chi connectivity index (χ4n) is 3.42. The van der Waals surface area contributed by atoms with E-state index in [9.17, 15) is 9.59 Å². The average molecular weight is 334 g/mol. The number of pyridine rings is 1. The molecule has 0 aliphatic carbocycles. The molecule has 0 saturated carbocycles. The minimum absolute atomic E-state index is 0.207. The number of anilines is 1. The third kappa shape index (κ3) is 2.58. The fourth-order valence-corrected chi connectivity index (χ4v) is 3.42. The molecule has 0 spiro atoms. The van der Waals surface area contributed by atoms with Crippen LogP contribution in [-0.4, -0.2) is 24.1 Å². The summed E-state index contributed by atoms with van der Waals surface area (Å²) in [6, 6.07) is 15.9. The average Bonchev–Trinajstić information content (AvgIpc) is 3.09. The van der Waals surface area contributed by atoms with Crippen molar-refractivity contribution in [3.05, 3.63) is 64.4 Å². The zero-order chi connectivity index (χ0) is 17.4. The Hall–Kier alpha value is -3.08. The first-order chi connectivity index (χ1) is 12.2. The second-order valence-corrected chi connectivity index (χ2v) is 6.05. The lowest BCUT2D eigenvalue weighted by molar-refractivity contribution is -0.144. The summed E-state index contributed by atoms with van der Waals surface area (Å²) in [4.78, 5) is 27.6. The Labute approximate surface area is 144 Å². The summed E-state index contributed by atoms with van der Waals surface area (Å²) in [6.45, 7) is 2.48. The summed E-state index contributed by atoms with van der Waals surface area (Å²) in [5.41, 5.74) is 3.84. The van der Waals surface area contributed by atoms with Crippen LogP contribution in [0.1, 0.15) is 18.4 Å². The zero-order valence-corrected chi connectivity index (χ0v) is 13.8. The van der Waals surface area contributed by atoms with Gasteiger partial charge in [0.25, 0.3) is 5.56 Å². The Bertz CT molecular complexity index is 1010. The number of hydrogen-bond acceptors (Lipinski definition) is 4. The van der Waals surface area contributed by atoms with Crippen molar-refractivity contribution >= 4 is 22.6 Å². The Morgan fingerprint density at radius 1 is 1.16 bits per heavy atom. The monoisotopic (exact) mass is 334 g/mol. The highest BCUT2D eigenvalue weighted by molar-refractivity contribution is 5.97. The molecule has 0 radical (unpaired) electrons. The van der Waals surface area contributed by atoms with Crippen molar-refractivity contribution in [1.29, 1.82) is 0 Å². The molecular formula is C20H18N2O3. The van der Waals surface area contributed by atoms with E-state index in [0.717, 1.165) is 27.6 Å². The van der Waals surface area contributed by atoms with Crippen molar-refractivity contribution in [1.82, 2.24) is 4.98 Å². The number of carbonyl (C=O) groups is 1. The molecule has 5 heteroatoms. The molecule has 3 aromatic rings. The summed E-state index contributed by atoms with van der Waals surface area (Å²) in [5.74, 6) is -0.767. The molecule has 4 rings (SSSR count). The maximum Gasteiger partial charge on any atom is 0.315 e. The number of fused-ring (bicyclic) bond motifs is 3. The van der Waals surface area contributed by atoms with Gasteiger partial charge in [-0.25, -0.2) is 0 Å². The zero-order valence-electron chi connectivity index (χ0n) is 13.8. The number of rotatable bonds is 3. The van der Waals surface area contributed by atoms with Gasteiger partial charge in [0, 0.05) is 23.0 Å². The molecule has 0 saturated heterocycles. The van der Waals surface area contributed by atoms with Gasteiger partial charge in [-0.3, -0.25) is 9.59 Å². The largest absolute Gasteiger partial charge is 0.465 e. The quantitative estimate of drug-likeness (QED) is 0.721. The van der Waals surface area contributed by atoms with E-state index in [1.54, 1.807) is 6.92 Å². The minimum atomic E-state index is -0.467. The van der Waals surface area contributed by atoms with Crippen LogP contribution in [0.15, 0.2) is 53.3 Å². The highest BCUT2D eigenvalue weighted by Crippen LogP contribution is 2.36. The topological polar surface area (TPSA) is 71.2 Å². The molecule has 1 unspecified atom stereocenters. The number of H-pyrrole nitrogens is 1. The smallest absolute Gasteiger partial charge is 0.315 e. The highest BCUT2D eigenvalue weighted by Gasteiger charge is 2.33. The van der Waals surface area contributed by atoms with Crippen LogP contribution in [0.25, 0.3) is 22.0 Å². The lowest BCUT2D eigenvalue weighted by Gasteiger charge is -2.12. The summed E-state index contributed by atoms with van der Waals surface area (Å²) < 4.78 is 5.20. The third-order valence-corrected chi connectivity index (χ3v) is 4.56. The molecule has 0 bridgehead atoms. The van der Waals surface area contributed by atoms with Crippen molar-refractivity contribution in [3.63, 3.8) is 0 Å². The van der Waals surface area contributed by atoms with E-state index in [2.05, 4.69) is 10.3 Å². The molecule has 0 amide bonds. The Kier molecular flexibility index (Phi) is 3.76. The highest BCUT2D eigenvalue weighted by atomic mass is 16.5. The number of hydrogen-bond donors (Lipinski definition) is 2. The van der Waals surface area contributed by atoms with Gasteiger partial charge in [-0.05, 0) is 30.2 Å². The van der Waals surface area contributed by atoms with E-state index in [-0.39, 0.29) is 11.5 Å². The maximum absolute atomic E-state index is 12.3. The first-order valence-electron chi connectivity index (χ1n) is 8.35. The summed E-state index contributed by atoms with van der Waals surface area (Å²) in [5, 5.41) is 3.94. The third-order valence-electron chi connectivity index (χ3n) is 4.56. The molecule has 1 aliphatic rings. The second kappa shape index (κ2) is 6.09. The van der Waals surface area contributed by atoms with Gasteiger partial charge >= 0.3 is 5.97 Å². The Morgan fingerprint density at radius 2 is 1.96 bits per heavy atom. The standard InChI is InChI=1S/C20H18N2O3/c1-2-25-20(24)15-11-21-18-17(15)14-10-13(12-6-4-3-5-7-12)8-9-16(14)22-19(18)23/h3-10,15,21H,2,11H2,1H3,(H,22,23).